The van der Waals surface area contributed by atoms with Crippen molar-refractivity contribution >= 4 is 17.9 Å². The molecule has 0 aliphatic heterocycles. The summed E-state index contributed by atoms with van der Waals surface area (Å²) in [5.74, 6) is -1.22. The fourth-order valence-electron chi connectivity index (χ4n) is 2.10. The molecule has 0 radical (unpaired) electrons. The number of carbonyl (C=O) groups is 3. The first-order valence-corrected chi connectivity index (χ1v) is 7.86. The Bertz CT molecular complexity index is 630. The normalized spacial score (nSPS) is 11.7. The fourth-order valence-corrected chi connectivity index (χ4v) is 2.10. The second kappa shape index (κ2) is 9.63. The van der Waals surface area contributed by atoms with Gasteiger partial charge >= 0.3 is 12.0 Å². The molecule has 0 unspecified atom stereocenters. The van der Waals surface area contributed by atoms with Gasteiger partial charge in [0.1, 0.15) is 5.75 Å². The van der Waals surface area contributed by atoms with Gasteiger partial charge in [0, 0.05) is 12.2 Å². The van der Waals surface area contributed by atoms with Gasteiger partial charge in [0.25, 0.3) is 5.91 Å². The molecule has 0 aliphatic carbocycles. The molecule has 0 spiro atoms. The van der Waals surface area contributed by atoms with E-state index in [9.17, 15) is 14.4 Å². The van der Waals surface area contributed by atoms with Crippen molar-refractivity contribution in [2.75, 3.05) is 13.7 Å². The molecule has 138 valence electrons. The minimum absolute atomic E-state index is 0.244. The summed E-state index contributed by atoms with van der Waals surface area (Å²) in [5, 5.41) is 1.92. The van der Waals surface area contributed by atoms with Crippen molar-refractivity contribution in [2.24, 2.45) is 11.7 Å². The molecule has 1 rings (SSSR count). The molecule has 1 aromatic carbocycles. The van der Waals surface area contributed by atoms with Crippen LogP contribution in [0.4, 0.5) is 4.79 Å². The average Bonchev–Trinajstić information content (AvgIpc) is 2.56. The lowest BCUT2D eigenvalue weighted by molar-refractivity contribution is -0.130. The maximum atomic E-state index is 12.4. The topological polar surface area (TPSA) is 117 Å². The maximum absolute atomic E-state index is 12.4. The molecule has 0 bridgehead atoms. The molecular formula is C17H24N2O6. The van der Waals surface area contributed by atoms with Crippen molar-refractivity contribution in [3.63, 3.8) is 0 Å². The Morgan fingerprint density at radius 3 is 2.44 bits per heavy atom. The molecular weight excluding hydrogens is 328 g/mol. The van der Waals surface area contributed by atoms with E-state index in [1.165, 1.54) is 13.2 Å². The van der Waals surface area contributed by atoms with Crippen LogP contribution in [-0.2, 0) is 20.9 Å². The van der Waals surface area contributed by atoms with Crippen LogP contribution in [0.2, 0.25) is 0 Å². The first-order chi connectivity index (χ1) is 11.8. The number of benzene rings is 1. The zero-order valence-corrected chi connectivity index (χ0v) is 14.8. The van der Waals surface area contributed by atoms with E-state index >= 15 is 0 Å². The number of hydrogen-bond donors (Lipinski definition) is 2. The van der Waals surface area contributed by atoms with Gasteiger partial charge in [-0.3, -0.25) is 10.1 Å². The zero-order valence-electron chi connectivity index (χ0n) is 14.8. The monoisotopic (exact) mass is 352 g/mol. The maximum Gasteiger partial charge on any atom is 0.338 e. The van der Waals surface area contributed by atoms with Gasteiger partial charge in [0.15, 0.2) is 6.10 Å². The van der Waals surface area contributed by atoms with Crippen molar-refractivity contribution in [2.45, 2.75) is 33.5 Å². The molecule has 3 N–H and O–H groups in total. The number of esters is 1. The summed E-state index contributed by atoms with van der Waals surface area (Å²) in [6, 6.07) is 3.73. The lowest BCUT2D eigenvalue weighted by atomic mass is 10.1. The van der Waals surface area contributed by atoms with Crippen LogP contribution in [0, 0.1) is 5.92 Å². The third-order valence-corrected chi connectivity index (χ3v) is 3.32. The zero-order chi connectivity index (χ0) is 19.0. The molecule has 0 saturated heterocycles. The van der Waals surface area contributed by atoms with Gasteiger partial charge < -0.3 is 19.9 Å². The van der Waals surface area contributed by atoms with E-state index < -0.39 is 24.0 Å². The Hall–Kier alpha value is -2.61. The van der Waals surface area contributed by atoms with Crippen LogP contribution in [0.15, 0.2) is 18.2 Å². The lowest BCUT2D eigenvalue weighted by Crippen LogP contribution is -2.45. The Morgan fingerprint density at radius 1 is 1.24 bits per heavy atom. The Morgan fingerprint density at radius 2 is 1.92 bits per heavy atom. The number of carbonyl (C=O) groups excluding carboxylic acids is 3. The van der Waals surface area contributed by atoms with Crippen LogP contribution in [0.5, 0.6) is 5.75 Å². The predicted octanol–water partition coefficient (Wildman–Crippen LogP) is 1.61. The molecule has 8 nitrogen and oxygen atoms in total. The minimum Gasteiger partial charge on any atom is -0.496 e. The summed E-state index contributed by atoms with van der Waals surface area (Å²) < 4.78 is 15.8. The molecule has 8 heteroatoms. The summed E-state index contributed by atoms with van der Waals surface area (Å²) in [7, 11) is 1.52. The first-order valence-electron chi connectivity index (χ1n) is 7.86. The Labute approximate surface area is 146 Å². The van der Waals surface area contributed by atoms with Gasteiger partial charge in [-0.05, 0) is 31.0 Å². The second-order valence-corrected chi connectivity index (χ2v) is 5.59. The van der Waals surface area contributed by atoms with E-state index in [0.717, 1.165) is 0 Å². The number of imide groups is 1. The number of nitrogens with two attached hydrogens (primary N) is 1. The highest BCUT2D eigenvalue weighted by molar-refractivity contribution is 5.98. The molecule has 0 fully saturated rings. The summed E-state index contributed by atoms with van der Waals surface area (Å²) in [5.41, 5.74) is 5.86. The van der Waals surface area contributed by atoms with E-state index in [4.69, 9.17) is 19.9 Å². The van der Waals surface area contributed by atoms with Crippen molar-refractivity contribution in [3.05, 3.63) is 29.3 Å². The number of amides is 3. The van der Waals surface area contributed by atoms with Gasteiger partial charge in [-0.1, -0.05) is 13.8 Å². The quantitative estimate of drug-likeness (QED) is 0.687. The highest BCUT2D eigenvalue weighted by Gasteiger charge is 2.28. The number of primary amides is 1. The third kappa shape index (κ3) is 6.07. The van der Waals surface area contributed by atoms with Crippen molar-refractivity contribution < 1.29 is 28.6 Å². The first kappa shape index (κ1) is 20.4. The summed E-state index contributed by atoms with van der Waals surface area (Å²) in [4.78, 5) is 35.1. The minimum atomic E-state index is -1.14. The van der Waals surface area contributed by atoms with Crippen LogP contribution in [0.1, 0.15) is 36.7 Å². The molecule has 0 heterocycles. The van der Waals surface area contributed by atoms with E-state index in [1.54, 1.807) is 26.0 Å². The molecule has 1 atom stereocenters. The number of nitrogens with one attached hydrogen (secondary N) is 1. The van der Waals surface area contributed by atoms with Gasteiger partial charge in [0.2, 0.25) is 0 Å². The number of urea groups is 1. The standard InChI is InChI=1S/C17H24N2O6/c1-5-24-9-12-8-11(6-7-13(12)23-4)16(21)25-14(10(2)3)15(20)19-17(18)22/h6-8,10,14H,5,9H2,1-4H3,(H3,18,19,20,22)/t14-/m0/s1. The number of rotatable bonds is 8. The predicted molar refractivity (Wildman–Crippen MR) is 90.1 cm³/mol. The molecule has 25 heavy (non-hydrogen) atoms. The third-order valence-electron chi connectivity index (χ3n) is 3.32. The highest BCUT2D eigenvalue weighted by Crippen LogP contribution is 2.22. The van der Waals surface area contributed by atoms with Crippen LogP contribution in [0.25, 0.3) is 0 Å². The molecule has 0 aliphatic rings. The van der Waals surface area contributed by atoms with Crippen LogP contribution in [-0.4, -0.2) is 37.7 Å². The Balaban J connectivity index is 2.97. The van der Waals surface area contributed by atoms with Crippen molar-refractivity contribution in [3.8, 4) is 5.75 Å². The number of methoxy groups -OCH3 is 1. The van der Waals surface area contributed by atoms with Gasteiger partial charge in [-0.25, -0.2) is 9.59 Å². The number of ether oxygens (including phenoxy) is 3. The van der Waals surface area contributed by atoms with Crippen molar-refractivity contribution in [1.82, 2.24) is 5.32 Å². The van der Waals surface area contributed by atoms with Gasteiger partial charge in [-0.15, -0.1) is 0 Å². The van der Waals surface area contributed by atoms with E-state index in [1.807, 2.05) is 12.2 Å². The smallest absolute Gasteiger partial charge is 0.338 e. The van der Waals surface area contributed by atoms with E-state index in [0.29, 0.717) is 17.9 Å². The number of hydrogen-bond acceptors (Lipinski definition) is 6. The Kier molecular flexibility index (Phi) is 7.87. The molecule has 1 aromatic rings. The lowest BCUT2D eigenvalue weighted by Gasteiger charge is -2.20. The molecule has 0 saturated carbocycles. The molecule has 3 amide bonds. The van der Waals surface area contributed by atoms with Crippen LogP contribution >= 0.6 is 0 Å². The summed E-state index contributed by atoms with van der Waals surface area (Å²) >= 11 is 0. The van der Waals surface area contributed by atoms with Crippen molar-refractivity contribution in [1.29, 1.82) is 0 Å². The average molecular weight is 352 g/mol. The van der Waals surface area contributed by atoms with Gasteiger partial charge in [0.05, 0.1) is 19.3 Å². The van der Waals surface area contributed by atoms with E-state index in [2.05, 4.69) is 0 Å². The highest BCUT2D eigenvalue weighted by atomic mass is 16.5. The summed E-state index contributed by atoms with van der Waals surface area (Å²) in [6.07, 6.45) is -1.14. The van der Waals surface area contributed by atoms with E-state index in [-0.39, 0.29) is 18.1 Å². The largest absolute Gasteiger partial charge is 0.496 e. The molecule has 0 aromatic heterocycles. The summed E-state index contributed by atoms with van der Waals surface area (Å²) in [6.45, 7) is 6.02. The fraction of sp³-hybridized carbons (Fsp3) is 0.471. The second-order valence-electron chi connectivity index (χ2n) is 5.59. The van der Waals surface area contributed by atoms with Crippen LogP contribution < -0.4 is 15.8 Å². The SMILES string of the molecule is CCOCc1cc(C(=O)O[C@H](C(=O)NC(N)=O)C(C)C)ccc1OC. The van der Waals surface area contributed by atoms with Crippen LogP contribution in [0.3, 0.4) is 0 Å². The van der Waals surface area contributed by atoms with Gasteiger partial charge in [-0.2, -0.15) is 0 Å².